The van der Waals surface area contributed by atoms with Crippen LogP contribution in [-0.2, 0) is 0 Å². The lowest BCUT2D eigenvalue weighted by Gasteiger charge is -2.21. The topological polar surface area (TPSA) is 55.4 Å². The molecular formula is C26H18O6S2. The molecule has 0 radical (unpaired) electrons. The van der Waals surface area contributed by atoms with Crippen molar-refractivity contribution in [3.8, 4) is 58.2 Å². The molecule has 6 nitrogen and oxygen atoms in total. The van der Waals surface area contributed by atoms with Crippen molar-refractivity contribution in [2.45, 2.75) is 4.90 Å². The van der Waals surface area contributed by atoms with Crippen LogP contribution in [0.5, 0.6) is 34.5 Å². The van der Waals surface area contributed by atoms with Crippen molar-refractivity contribution in [3.63, 3.8) is 0 Å². The van der Waals surface area contributed by atoms with Crippen LogP contribution >= 0.6 is 24.0 Å². The van der Waals surface area contributed by atoms with Gasteiger partial charge in [-0.15, -0.1) is 24.0 Å². The molecule has 0 unspecified atom stereocenters. The van der Waals surface area contributed by atoms with E-state index >= 15 is 0 Å². The molecular weight excluding hydrogens is 472 g/mol. The molecule has 2 aromatic carbocycles. The minimum Gasteiger partial charge on any atom is -0.485 e. The largest absolute Gasteiger partial charge is 0.485 e. The Morgan fingerprint density at radius 1 is 0.559 bits per heavy atom. The third kappa shape index (κ3) is 3.86. The van der Waals surface area contributed by atoms with E-state index in [9.17, 15) is 0 Å². The van der Waals surface area contributed by atoms with E-state index in [1.807, 2.05) is 29.6 Å². The number of thiol groups is 1. The number of hydrogen-bond acceptors (Lipinski definition) is 8. The Labute approximate surface area is 206 Å². The minimum absolute atomic E-state index is 0.447. The van der Waals surface area contributed by atoms with E-state index in [4.69, 9.17) is 28.4 Å². The summed E-state index contributed by atoms with van der Waals surface area (Å²) < 4.78 is 34.7. The SMILES string of the molecule is Sc1ccc(C#Cc2ccc(C#Cc3scc4c3OCCO4)c3c2OCCO3)c2c1OCCO2. The number of hydrogen-bond donors (Lipinski definition) is 1. The maximum absolute atomic E-state index is 5.94. The van der Waals surface area contributed by atoms with Crippen LogP contribution in [0.3, 0.4) is 0 Å². The van der Waals surface area contributed by atoms with Crippen LogP contribution in [0.15, 0.2) is 34.5 Å². The minimum atomic E-state index is 0.447. The molecule has 3 aliphatic rings. The second-order valence-electron chi connectivity index (χ2n) is 7.46. The summed E-state index contributed by atoms with van der Waals surface area (Å²) in [7, 11) is 0. The molecule has 34 heavy (non-hydrogen) atoms. The van der Waals surface area contributed by atoms with Crippen molar-refractivity contribution in [2.75, 3.05) is 39.6 Å². The second-order valence-corrected chi connectivity index (χ2v) is 8.82. The van der Waals surface area contributed by atoms with E-state index in [0.717, 1.165) is 26.6 Å². The van der Waals surface area contributed by atoms with Crippen molar-refractivity contribution >= 4 is 24.0 Å². The normalized spacial score (nSPS) is 14.9. The van der Waals surface area contributed by atoms with Crippen LogP contribution in [0.4, 0.5) is 0 Å². The molecule has 0 bridgehead atoms. The Kier molecular flexibility index (Phi) is 5.54. The number of benzene rings is 2. The summed E-state index contributed by atoms with van der Waals surface area (Å²) in [5.41, 5.74) is 2.17. The first kappa shape index (κ1) is 21.0. The summed E-state index contributed by atoms with van der Waals surface area (Å²) in [6.07, 6.45) is 0. The molecule has 4 heterocycles. The smallest absolute Gasteiger partial charge is 0.187 e. The van der Waals surface area contributed by atoms with Crippen molar-refractivity contribution < 1.29 is 28.4 Å². The predicted octanol–water partition coefficient (Wildman–Crippen LogP) is 4.15. The fourth-order valence-electron chi connectivity index (χ4n) is 3.76. The van der Waals surface area contributed by atoms with Crippen molar-refractivity contribution in [1.29, 1.82) is 0 Å². The highest BCUT2D eigenvalue weighted by atomic mass is 32.1. The standard InChI is InChI=1S/C26H18O6S2/c33-20-7-5-17(24-26(20)32-14-13-30-24)3-1-16-2-4-18(23-22(16)28-11-12-29-23)6-8-21-25-19(15-34-21)27-9-10-31-25/h2,4-5,7,15,33H,9-14H2. The van der Waals surface area contributed by atoms with Gasteiger partial charge in [0.15, 0.2) is 34.5 Å². The van der Waals surface area contributed by atoms with Crippen molar-refractivity contribution in [1.82, 2.24) is 0 Å². The summed E-state index contributed by atoms with van der Waals surface area (Å²) in [6, 6.07) is 7.52. The first-order valence-corrected chi connectivity index (χ1v) is 12.1. The number of thiophene rings is 1. The van der Waals surface area contributed by atoms with Crippen LogP contribution in [0.2, 0.25) is 0 Å². The molecule has 0 saturated heterocycles. The summed E-state index contributed by atoms with van der Waals surface area (Å²) in [4.78, 5) is 1.55. The van der Waals surface area contributed by atoms with Crippen molar-refractivity contribution in [3.05, 3.63) is 51.2 Å². The van der Waals surface area contributed by atoms with Gasteiger partial charge in [0.1, 0.15) is 44.5 Å². The Balaban J connectivity index is 1.35. The lowest BCUT2D eigenvalue weighted by atomic mass is 10.1. The molecule has 0 spiro atoms. The van der Waals surface area contributed by atoms with Gasteiger partial charge in [-0.25, -0.2) is 0 Å². The highest BCUT2D eigenvalue weighted by Crippen LogP contribution is 2.41. The molecule has 0 saturated carbocycles. The maximum atomic E-state index is 5.94. The molecule has 0 N–H and O–H groups in total. The third-order valence-electron chi connectivity index (χ3n) is 5.30. The van der Waals surface area contributed by atoms with E-state index in [-0.39, 0.29) is 0 Å². The Morgan fingerprint density at radius 2 is 1.03 bits per heavy atom. The average molecular weight is 491 g/mol. The fourth-order valence-corrected chi connectivity index (χ4v) is 4.78. The van der Waals surface area contributed by atoms with E-state index < -0.39 is 0 Å². The Bertz CT molecular complexity index is 1400. The van der Waals surface area contributed by atoms with Gasteiger partial charge in [-0.1, -0.05) is 17.8 Å². The highest BCUT2D eigenvalue weighted by molar-refractivity contribution is 7.80. The zero-order valence-corrected chi connectivity index (χ0v) is 19.6. The van der Waals surface area contributed by atoms with E-state index in [1.54, 1.807) is 0 Å². The molecule has 0 atom stereocenters. The van der Waals surface area contributed by atoms with Gasteiger partial charge in [-0.2, -0.15) is 0 Å². The first-order valence-electron chi connectivity index (χ1n) is 10.7. The molecule has 3 aromatic rings. The van der Waals surface area contributed by atoms with Gasteiger partial charge in [0.05, 0.1) is 21.6 Å². The molecule has 0 amide bonds. The van der Waals surface area contributed by atoms with Crippen LogP contribution in [0.1, 0.15) is 21.6 Å². The van der Waals surface area contributed by atoms with Gasteiger partial charge in [0.25, 0.3) is 0 Å². The van der Waals surface area contributed by atoms with Gasteiger partial charge in [0.2, 0.25) is 0 Å². The Hall–Kier alpha value is -3.59. The van der Waals surface area contributed by atoms with Gasteiger partial charge >= 0.3 is 0 Å². The summed E-state index contributed by atoms with van der Waals surface area (Å²) in [6.45, 7) is 2.94. The van der Waals surface area contributed by atoms with E-state index in [1.165, 1.54) is 11.3 Å². The maximum Gasteiger partial charge on any atom is 0.187 e. The average Bonchev–Trinajstić information content (AvgIpc) is 3.31. The van der Waals surface area contributed by atoms with Gasteiger partial charge < -0.3 is 28.4 Å². The number of fused-ring (bicyclic) bond motifs is 3. The van der Waals surface area contributed by atoms with Crippen LogP contribution in [-0.4, -0.2) is 39.6 Å². The quantitative estimate of drug-likeness (QED) is 0.378. The first-order chi connectivity index (χ1) is 16.8. The van der Waals surface area contributed by atoms with Gasteiger partial charge in [0, 0.05) is 5.38 Å². The van der Waals surface area contributed by atoms with E-state index in [2.05, 4.69) is 36.3 Å². The molecule has 0 fully saturated rings. The summed E-state index contributed by atoms with van der Waals surface area (Å²) in [5.74, 6) is 16.7. The predicted molar refractivity (Wildman–Crippen MR) is 129 cm³/mol. The van der Waals surface area contributed by atoms with Crippen LogP contribution in [0, 0.1) is 23.7 Å². The van der Waals surface area contributed by atoms with Crippen LogP contribution < -0.4 is 28.4 Å². The summed E-state index contributed by atoms with van der Waals surface area (Å²) >= 11 is 5.95. The number of ether oxygens (including phenoxy) is 6. The lowest BCUT2D eigenvalue weighted by Crippen LogP contribution is -2.17. The zero-order chi connectivity index (χ0) is 22.9. The zero-order valence-electron chi connectivity index (χ0n) is 17.9. The molecule has 1 aromatic heterocycles. The Morgan fingerprint density at radius 3 is 1.68 bits per heavy atom. The fraction of sp³-hybridized carbons (Fsp3) is 0.231. The van der Waals surface area contributed by atoms with Gasteiger partial charge in [-0.05, 0) is 30.2 Å². The molecule has 170 valence electrons. The van der Waals surface area contributed by atoms with Gasteiger partial charge in [-0.3, -0.25) is 0 Å². The molecule has 6 rings (SSSR count). The van der Waals surface area contributed by atoms with E-state index in [0.29, 0.717) is 74.0 Å². The lowest BCUT2D eigenvalue weighted by molar-refractivity contribution is 0.167. The monoisotopic (exact) mass is 490 g/mol. The molecule has 0 aliphatic carbocycles. The van der Waals surface area contributed by atoms with Crippen molar-refractivity contribution in [2.24, 2.45) is 0 Å². The summed E-state index contributed by atoms with van der Waals surface area (Å²) in [5, 5.41) is 1.92. The third-order valence-corrected chi connectivity index (χ3v) is 6.51. The highest BCUT2D eigenvalue weighted by Gasteiger charge is 2.21. The molecule has 3 aliphatic heterocycles. The second kappa shape index (κ2) is 8.98. The van der Waals surface area contributed by atoms with Crippen LogP contribution in [0.25, 0.3) is 0 Å². The molecule has 8 heteroatoms. The number of rotatable bonds is 0.